The van der Waals surface area contributed by atoms with Crippen LogP contribution in [0.5, 0.6) is 0 Å². The average molecular weight is 497 g/mol. The summed E-state index contributed by atoms with van der Waals surface area (Å²) in [6.07, 6.45) is 3.52. The molecule has 1 aliphatic carbocycles. The molecule has 1 saturated carbocycles. The van der Waals surface area contributed by atoms with E-state index in [9.17, 15) is 9.90 Å². The van der Waals surface area contributed by atoms with Gasteiger partial charge in [-0.15, -0.1) is 0 Å². The number of carbonyl (C=O) groups excluding carboxylic acids is 1. The van der Waals surface area contributed by atoms with Gasteiger partial charge in [0.15, 0.2) is 0 Å². The lowest BCUT2D eigenvalue weighted by atomic mass is 9.70. The molecule has 192 valence electrons. The van der Waals surface area contributed by atoms with Crippen molar-refractivity contribution in [3.05, 3.63) is 60.7 Å². The van der Waals surface area contributed by atoms with E-state index in [1.165, 1.54) is 10.4 Å². The molecule has 1 N–H and O–H groups in total. The fourth-order valence-electron chi connectivity index (χ4n) is 6.09. The lowest BCUT2D eigenvalue weighted by Crippen LogP contribution is -2.66. The molecule has 4 nitrogen and oxygen atoms in total. The fourth-order valence-corrected chi connectivity index (χ4v) is 10.7. The Hall–Kier alpha value is -1.95. The van der Waals surface area contributed by atoms with Crippen LogP contribution < -0.4 is 10.4 Å². The van der Waals surface area contributed by atoms with Gasteiger partial charge in [0.05, 0.1) is 12.7 Å². The van der Waals surface area contributed by atoms with E-state index in [4.69, 9.17) is 9.16 Å². The molecule has 5 heteroatoms. The van der Waals surface area contributed by atoms with Crippen molar-refractivity contribution in [2.75, 3.05) is 13.2 Å². The molecule has 1 fully saturated rings. The maximum atomic E-state index is 12.2. The topological polar surface area (TPSA) is 55.8 Å². The summed E-state index contributed by atoms with van der Waals surface area (Å²) in [6, 6.07) is 21.4. The zero-order valence-electron chi connectivity index (χ0n) is 22.2. The van der Waals surface area contributed by atoms with Gasteiger partial charge >= 0.3 is 5.97 Å². The Labute approximate surface area is 213 Å². The number of ether oxygens (including phenoxy) is 1. The first-order valence-electron chi connectivity index (χ1n) is 13.3. The first kappa shape index (κ1) is 27.6. The minimum atomic E-state index is -2.55. The smallest absolute Gasteiger partial charge is 0.306 e. The molecule has 4 atom stereocenters. The van der Waals surface area contributed by atoms with Crippen molar-refractivity contribution in [2.24, 2.45) is 17.8 Å². The summed E-state index contributed by atoms with van der Waals surface area (Å²) < 4.78 is 12.3. The van der Waals surface area contributed by atoms with Crippen LogP contribution >= 0.6 is 0 Å². The normalized spacial score (nSPS) is 23.1. The second-order valence-electron chi connectivity index (χ2n) is 11.2. The molecule has 0 heterocycles. The summed E-state index contributed by atoms with van der Waals surface area (Å²) in [5, 5.41) is 13.4. The van der Waals surface area contributed by atoms with Crippen LogP contribution in [-0.4, -0.2) is 38.7 Å². The summed E-state index contributed by atoms with van der Waals surface area (Å²) >= 11 is 0. The van der Waals surface area contributed by atoms with Gasteiger partial charge in [-0.2, -0.15) is 0 Å². The number of aliphatic hydroxyl groups excluding tert-OH is 1. The van der Waals surface area contributed by atoms with E-state index in [0.29, 0.717) is 25.6 Å². The van der Waals surface area contributed by atoms with E-state index < -0.39 is 8.32 Å². The molecule has 0 bridgehead atoms. The monoisotopic (exact) mass is 496 g/mol. The predicted octanol–water partition coefficient (Wildman–Crippen LogP) is 5.32. The van der Waals surface area contributed by atoms with Gasteiger partial charge in [0, 0.05) is 13.0 Å². The maximum Gasteiger partial charge on any atom is 0.306 e. The van der Waals surface area contributed by atoms with Crippen LogP contribution in [0.3, 0.4) is 0 Å². The molecule has 2 aromatic rings. The van der Waals surface area contributed by atoms with Crippen molar-refractivity contribution in [3.63, 3.8) is 0 Å². The van der Waals surface area contributed by atoms with Crippen LogP contribution in [0.4, 0.5) is 0 Å². The maximum absolute atomic E-state index is 12.2. The first-order chi connectivity index (χ1) is 16.7. The molecular formula is C30H44O4Si. The van der Waals surface area contributed by atoms with Gasteiger partial charge in [-0.1, -0.05) is 88.4 Å². The lowest BCUT2D eigenvalue weighted by molar-refractivity contribution is -0.146. The van der Waals surface area contributed by atoms with E-state index in [2.05, 4.69) is 88.4 Å². The lowest BCUT2D eigenvalue weighted by Gasteiger charge is -2.43. The molecule has 0 amide bonds. The molecule has 0 spiro atoms. The third-order valence-corrected chi connectivity index (χ3v) is 12.6. The van der Waals surface area contributed by atoms with E-state index in [0.717, 1.165) is 25.7 Å². The second kappa shape index (κ2) is 12.3. The number of benzene rings is 2. The van der Waals surface area contributed by atoms with Crippen molar-refractivity contribution >= 4 is 24.7 Å². The Morgan fingerprint density at radius 2 is 1.57 bits per heavy atom. The summed E-state index contributed by atoms with van der Waals surface area (Å²) in [4.78, 5) is 12.2. The van der Waals surface area contributed by atoms with Crippen molar-refractivity contribution in [1.29, 1.82) is 0 Å². The van der Waals surface area contributed by atoms with E-state index in [1.54, 1.807) is 0 Å². The Bertz CT molecular complexity index is 869. The molecule has 0 aliphatic heterocycles. The largest absolute Gasteiger partial charge is 0.466 e. The van der Waals surface area contributed by atoms with Crippen LogP contribution in [0.15, 0.2) is 60.7 Å². The first-order valence-corrected chi connectivity index (χ1v) is 15.2. The highest BCUT2D eigenvalue weighted by molar-refractivity contribution is 6.99. The average Bonchev–Trinajstić information content (AvgIpc) is 2.81. The van der Waals surface area contributed by atoms with Gasteiger partial charge in [-0.05, 0) is 65.8 Å². The Kier molecular flexibility index (Phi) is 9.74. The van der Waals surface area contributed by atoms with Crippen molar-refractivity contribution in [3.8, 4) is 0 Å². The fraction of sp³-hybridized carbons (Fsp3) is 0.567. The quantitative estimate of drug-likeness (QED) is 0.275. The highest BCUT2D eigenvalue weighted by atomic mass is 28.4. The third-order valence-electron chi connectivity index (χ3n) is 7.60. The van der Waals surface area contributed by atoms with Gasteiger partial charge < -0.3 is 14.3 Å². The summed E-state index contributed by atoms with van der Waals surface area (Å²) in [5.74, 6) is 0.556. The zero-order chi connectivity index (χ0) is 25.5. The van der Waals surface area contributed by atoms with Crippen LogP contribution in [0.1, 0.15) is 66.7 Å². The number of aliphatic hydroxyl groups is 1. The van der Waals surface area contributed by atoms with Crippen LogP contribution in [0.25, 0.3) is 0 Å². The van der Waals surface area contributed by atoms with Crippen LogP contribution in [0, 0.1) is 17.8 Å². The second-order valence-corrected chi connectivity index (χ2v) is 15.5. The Balaban J connectivity index is 1.77. The molecule has 0 aromatic heterocycles. The van der Waals surface area contributed by atoms with Gasteiger partial charge in [0.1, 0.15) is 0 Å². The number of rotatable bonds is 10. The highest BCUT2D eigenvalue weighted by Gasteiger charge is 2.50. The van der Waals surface area contributed by atoms with Gasteiger partial charge in [0.25, 0.3) is 8.32 Å². The van der Waals surface area contributed by atoms with E-state index in [-0.39, 0.29) is 28.9 Å². The molecule has 0 unspecified atom stereocenters. The molecule has 3 rings (SSSR count). The molecule has 2 aromatic carbocycles. The standard InChI is InChI=1S/C30H44O4Si/c1-6-33-29(32)22-24-20-23(2)21-28(31)27(24)18-13-19-34-35(30(3,4)5,25-14-9-7-10-15-25)26-16-11-8-12-17-26/h7-12,14-17,23-24,27-28,31H,6,13,18-22H2,1-5H3/t23-,24-,27-,28+/m1/s1. The van der Waals surface area contributed by atoms with Gasteiger partial charge in [0.2, 0.25) is 0 Å². The highest BCUT2D eigenvalue weighted by Crippen LogP contribution is 2.40. The predicted molar refractivity (Wildman–Crippen MR) is 145 cm³/mol. The number of hydrogen-bond acceptors (Lipinski definition) is 4. The minimum absolute atomic E-state index is 0.0536. The summed E-state index contributed by atoms with van der Waals surface area (Å²) in [5.41, 5.74) is 0. The van der Waals surface area contributed by atoms with Crippen LogP contribution in [0.2, 0.25) is 5.04 Å². The van der Waals surface area contributed by atoms with Crippen molar-refractivity contribution in [2.45, 2.75) is 77.9 Å². The molecule has 35 heavy (non-hydrogen) atoms. The Morgan fingerprint density at radius 3 is 2.09 bits per heavy atom. The van der Waals surface area contributed by atoms with Gasteiger partial charge in [-0.25, -0.2) is 0 Å². The van der Waals surface area contributed by atoms with Gasteiger partial charge in [-0.3, -0.25) is 4.79 Å². The van der Waals surface area contributed by atoms with Crippen LogP contribution in [-0.2, 0) is 14.0 Å². The molecule has 1 aliphatic rings. The molecule has 0 radical (unpaired) electrons. The minimum Gasteiger partial charge on any atom is -0.466 e. The number of esters is 1. The zero-order valence-corrected chi connectivity index (χ0v) is 23.2. The van der Waals surface area contributed by atoms with Crippen molar-refractivity contribution in [1.82, 2.24) is 0 Å². The summed E-state index contributed by atoms with van der Waals surface area (Å²) in [7, 11) is -2.55. The Morgan fingerprint density at radius 1 is 1.00 bits per heavy atom. The summed E-state index contributed by atoms with van der Waals surface area (Å²) in [6.45, 7) is 11.9. The molecule has 0 saturated heterocycles. The number of carbonyl (C=O) groups is 1. The molecular weight excluding hydrogens is 452 g/mol. The van der Waals surface area contributed by atoms with Crippen molar-refractivity contribution < 1.29 is 19.1 Å². The SMILES string of the molecule is CCOC(=O)C[C@H]1C[C@@H](C)C[C@H](O)[C@@H]1CCCO[Si](c1ccccc1)(c1ccccc1)C(C)(C)C. The number of hydrogen-bond donors (Lipinski definition) is 1. The van der Waals surface area contributed by atoms with E-state index >= 15 is 0 Å². The van der Waals surface area contributed by atoms with E-state index in [1.807, 2.05) is 6.92 Å². The third kappa shape index (κ3) is 6.63.